The van der Waals surface area contributed by atoms with Crippen molar-refractivity contribution in [2.75, 3.05) is 35.7 Å². The zero-order chi connectivity index (χ0) is 24.1. The molecule has 2 heterocycles. The van der Waals surface area contributed by atoms with Crippen LogP contribution in [0.1, 0.15) is 30.5 Å². The van der Waals surface area contributed by atoms with Crippen molar-refractivity contribution in [3.63, 3.8) is 0 Å². The molecule has 0 spiro atoms. The van der Waals surface area contributed by atoms with Crippen LogP contribution in [0, 0.1) is 6.92 Å². The van der Waals surface area contributed by atoms with Crippen LogP contribution in [-0.2, 0) is 17.4 Å². The van der Waals surface area contributed by atoms with E-state index in [1.54, 1.807) is 0 Å². The fourth-order valence-corrected chi connectivity index (χ4v) is 4.97. The summed E-state index contributed by atoms with van der Waals surface area (Å²) in [5.41, 5.74) is 3.15. The van der Waals surface area contributed by atoms with Crippen LogP contribution in [0.25, 0.3) is 0 Å². The minimum Gasteiger partial charge on any atom is -0.373 e. The molecule has 33 heavy (non-hydrogen) atoms. The van der Waals surface area contributed by atoms with Gasteiger partial charge in [-0.05, 0) is 57.1 Å². The molecule has 0 aliphatic carbocycles. The van der Waals surface area contributed by atoms with Crippen molar-refractivity contribution in [2.45, 2.75) is 51.5 Å². The Labute approximate surface area is 196 Å². The third-order valence-electron chi connectivity index (χ3n) is 6.75. The fourth-order valence-electron chi connectivity index (χ4n) is 4.69. The maximum Gasteiger partial charge on any atom is 0.417 e. The largest absolute Gasteiger partial charge is 0.417 e. The van der Waals surface area contributed by atoms with Crippen LogP contribution in [-0.4, -0.2) is 49.1 Å². The van der Waals surface area contributed by atoms with Gasteiger partial charge in [0.15, 0.2) is 0 Å². The molecule has 1 amide bonds. The lowest BCUT2D eigenvalue weighted by Gasteiger charge is -2.44. The summed E-state index contributed by atoms with van der Waals surface area (Å²) in [5.74, 6) is -0.423. The number of nitrogens with one attached hydrogen (secondary N) is 2. The van der Waals surface area contributed by atoms with Crippen molar-refractivity contribution in [2.24, 2.45) is 0 Å². The van der Waals surface area contributed by atoms with E-state index >= 15 is 0 Å². The number of halogens is 4. The summed E-state index contributed by atoms with van der Waals surface area (Å²) in [6.07, 6.45) is -4.14. The standard InChI is InChI=1S/C24H28ClF3N4O/c1-13-8-16-9-20(23(33)30-18-7-5-6-17(22(18)25)24(26,27)28)29-19(16)10-21(13)32-11-14(2)31(4)15(3)12-32/h5-8,10,14-15,20,29H,9,11-12H2,1-4H3,(H,30,33). The Hall–Kier alpha value is -2.45. The molecule has 4 rings (SSSR count). The van der Waals surface area contributed by atoms with Crippen LogP contribution in [0.3, 0.4) is 0 Å². The molecule has 2 aliphatic heterocycles. The van der Waals surface area contributed by atoms with E-state index in [9.17, 15) is 18.0 Å². The van der Waals surface area contributed by atoms with E-state index in [-0.39, 0.29) is 5.69 Å². The average Bonchev–Trinajstić information content (AvgIpc) is 3.14. The highest BCUT2D eigenvalue weighted by Crippen LogP contribution is 2.39. The maximum absolute atomic E-state index is 13.1. The smallest absolute Gasteiger partial charge is 0.373 e. The number of anilines is 3. The first kappa shape index (κ1) is 23.7. The van der Waals surface area contributed by atoms with Gasteiger partial charge in [0.1, 0.15) is 6.04 Å². The van der Waals surface area contributed by atoms with E-state index in [1.165, 1.54) is 12.1 Å². The summed E-state index contributed by atoms with van der Waals surface area (Å²) in [6.45, 7) is 8.32. The average molecular weight is 481 g/mol. The zero-order valence-electron chi connectivity index (χ0n) is 19.1. The quantitative estimate of drug-likeness (QED) is 0.636. The third-order valence-corrected chi connectivity index (χ3v) is 7.16. The van der Waals surface area contributed by atoms with E-state index in [2.05, 4.69) is 60.4 Å². The number of aryl methyl sites for hydroxylation is 1. The molecule has 2 aliphatic rings. The number of nitrogens with zero attached hydrogens (tertiary/aromatic N) is 2. The topological polar surface area (TPSA) is 47.6 Å². The van der Waals surface area contributed by atoms with Crippen LogP contribution in [0.5, 0.6) is 0 Å². The summed E-state index contributed by atoms with van der Waals surface area (Å²) < 4.78 is 39.4. The Morgan fingerprint density at radius 2 is 1.85 bits per heavy atom. The van der Waals surface area contributed by atoms with Gasteiger partial charge in [0.2, 0.25) is 5.91 Å². The normalized spacial score (nSPS) is 23.3. The molecule has 5 nitrogen and oxygen atoms in total. The van der Waals surface area contributed by atoms with E-state index < -0.39 is 28.7 Å². The molecule has 2 aromatic carbocycles. The first-order chi connectivity index (χ1) is 15.5. The van der Waals surface area contributed by atoms with E-state index in [0.717, 1.165) is 41.7 Å². The number of piperazine rings is 1. The molecule has 2 aromatic rings. The highest BCUT2D eigenvalue weighted by molar-refractivity contribution is 6.34. The number of hydrogen-bond acceptors (Lipinski definition) is 4. The Balaban J connectivity index is 1.50. The van der Waals surface area contributed by atoms with Crippen LogP contribution in [0.2, 0.25) is 5.02 Å². The molecule has 0 bridgehead atoms. The van der Waals surface area contributed by atoms with Crippen LogP contribution >= 0.6 is 11.6 Å². The number of alkyl halides is 3. The number of rotatable bonds is 3. The minimum absolute atomic E-state index is 0.0495. The second-order valence-electron chi connectivity index (χ2n) is 9.12. The Morgan fingerprint density at radius 3 is 2.48 bits per heavy atom. The number of carbonyl (C=O) groups is 1. The molecule has 3 atom stereocenters. The maximum atomic E-state index is 13.1. The Bertz CT molecular complexity index is 1060. The van der Waals surface area contributed by atoms with Crippen molar-refractivity contribution in [3.05, 3.63) is 52.0 Å². The number of amides is 1. The van der Waals surface area contributed by atoms with Crippen molar-refractivity contribution in [1.82, 2.24) is 4.90 Å². The van der Waals surface area contributed by atoms with Gasteiger partial charge in [-0.15, -0.1) is 0 Å². The first-order valence-electron chi connectivity index (χ1n) is 11.0. The van der Waals surface area contributed by atoms with Gasteiger partial charge in [0, 0.05) is 43.0 Å². The van der Waals surface area contributed by atoms with Gasteiger partial charge in [-0.3, -0.25) is 9.69 Å². The molecular formula is C24H28ClF3N4O. The van der Waals surface area contributed by atoms with Gasteiger partial charge in [-0.25, -0.2) is 0 Å². The molecule has 9 heteroatoms. The van der Waals surface area contributed by atoms with Crippen LogP contribution in [0.15, 0.2) is 30.3 Å². The highest BCUT2D eigenvalue weighted by atomic mass is 35.5. The van der Waals surface area contributed by atoms with Crippen LogP contribution in [0.4, 0.5) is 30.2 Å². The minimum atomic E-state index is -4.59. The number of likely N-dealkylation sites (N-methyl/N-ethyl adjacent to an activating group) is 1. The summed E-state index contributed by atoms with van der Waals surface area (Å²) in [5, 5.41) is 5.29. The molecule has 0 aromatic heterocycles. The number of hydrogen-bond donors (Lipinski definition) is 2. The lowest BCUT2D eigenvalue weighted by Crippen LogP contribution is -2.55. The lowest BCUT2D eigenvalue weighted by atomic mass is 10.0. The molecule has 1 saturated heterocycles. The summed E-state index contributed by atoms with van der Waals surface area (Å²) in [6, 6.07) is 7.92. The molecule has 178 valence electrons. The van der Waals surface area contributed by atoms with Crippen molar-refractivity contribution >= 4 is 34.6 Å². The summed E-state index contributed by atoms with van der Waals surface area (Å²) >= 11 is 5.93. The summed E-state index contributed by atoms with van der Waals surface area (Å²) in [7, 11) is 2.14. The number of carbonyl (C=O) groups excluding carboxylic acids is 1. The molecule has 1 fully saturated rings. The SMILES string of the molecule is Cc1cc2c(cc1N1CC(C)N(C)C(C)C1)NC(C(=O)Nc1cccc(C(F)(F)F)c1Cl)C2. The zero-order valence-corrected chi connectivity index (χ0v) is 19.8. The lowest BCUT2D eigenvalue weighted by molar-refractivity contribution is -0.137. The molecule has 0 saturated carbocycles. The van der Waals surface area contributed by atoms with Crippen molar-refractivity contribution < 1.29 is 18.0 Å². The van der Waals surface area contributed by atoms with E-state index in [0.29, 0.717) is 18.5 Å². The predicted molar refractivity (Wildman–Crippen MR) is 126 cm³/mol. The molecule has 0 radical (unpaired) electrons. The third kappa shape index (κ3) is 4.64. The Kier molecular flexibility index (Phi) is 6.26. The van der Waals surface area contributed by atoms with Gasteiger partial charge >= 0.3 is 6.18 Å². The number of fused-ring (bicyclic) bond motifs is 1. The van der Waals surface area contributed by atoms with E-state index in [4.69, 9.17) is 11.6 Å². The second kappa shape index (κ2) is 8.72. The summed E-state index contributed by atoms with van der Waals surface area (Å²) in [4.78, 5) is 17.6. The predicted octanol–water partition coefficient (Wildman–Crippen LogP) is 5.17. The molecule has 3 unspecified atom stereocenters. The second-order valence-corrected chi connectivity index (χ2v) is 9.50. The highest BCUT2D eigenvalue weighted by Gasteiger charge is 2.35. The van der Waals surface area contributed by atoms with Crippen molar-refractivity contribution in [1.29, 1.82) is 0 Å². The van der Waals surface area contributed by atoms with Gasteiger partial charge in [-0.1, -0.05) is 23.7 Å². The van der Waals surface area contributed by atoms with E-state index in [1.807, 2.05) is 0 Å². The monoisotopic (exact) mass is 480 g/mol. The fraction of sp³-hybridized carbons (Fsp3) is 0.458. The number of benzene rings is 2. The van der Waals surface area contributed by atoms with Gasteiger partial charge in [0.05, 0.1) is 16.3 Å². The van der Waals surface area contributed by atoms with Gasteiger partial charge in [-0.2, -0.15) is 13.2 Å². The Morgan fingerprint density at radius 1 is 1.18 bits per heavy atom. The van der Waals surface area contributed by atoms with Gasteiger partial charge in [0.25, 0.3) is 0 Å². The molecular weight excluding hydrogens is 453 g/mol. The van der Waals surface area contributed by atoms with Crippen molar-refractivity contribution in [3.8, 4) is 0 Å². The molecule has 2 N–H and O–H groups in total. The van der Waals surface area contributed by atoms with Gasteiger partial charge < -0.3 is 15.5 Å². The van der Waals surface area contributed by atoms with Crippen LogP contribution < -0.4 is 15.5 Å². The first-order valence-corrected chi connectivity index (χ1v) is 11.4.